The summed E-state index contributed by atoms with van der Waals surface area (Å²) in [4.78, 5) is 24.9. The number of hydrogen-bond acceptors (Lipinski definition) is 4. The predicted octanol–water partition coefficient (Wildman–Crippen LogP) is 3.64. The largest absolute Gasteiger partial charge is 0.478 e. The highest BCUT2D eigenvalue weighted by atomic mass is 32.1. The van der Waals surface area contributed by atoms with E-state index in [9.17, 15) is 14.7 Å². The number of benzene rings is 1. The summed E-state index contributed by atoms with van der Waals surface area (Å²) < 4.78 is 5.28. The van der Waals surface area contributed by atoms with Crippen molar-refractivity contribution in [3.63, 3.8) is 0 Å². The van der Waals surface area contributed by atoms with Crippen LogP contribution in [0.3, 0.4) is 0 Å². The van der Waals surface area contributed by atoms with Gasteiger partial charge in [0.1, 0.15) is 5.00 Å². The first-order valence-corrected chi connectivity index (χ1v) is 8.05. The van der Waals surface area contributed by atoms with Gasteiger partial charge in [-0.2, -0.15) is 0 Å². The number of carbonyl (C=O) groups is 2. The summed E-state index contributed by atoms with van der Waals surface area (Å²) in [7, 11) is 1.45. The van der Waals surface area contributed by atoms with Crippen molar-refractivity contribution in [1.29, 1.82) is 0 Å². The van der Waals surface area contributed by atoms with Gasteiger partial charge in [-0.15, -0.1) is 11.3 Å². The molecule has 0 aliphatic heterocycles. The van der Waals surface area contributed by atoms with E-state index >= 15 is 0 Å². The number of methoxy groups -OCH3 is 1. The molecule has 0 aliphatic carbocycles. The molecule has 2 N–H and O–H groups in total. The van der Waals surface area contributed by atoms with Gasteiger partial charge in [0, 0.05) is 12.0 Å². The number of carboxylic acids is 1. The van der Waals surface area contributed by atoms with E-state index in [0.29, 0.717) is 17.0 Å². The average molecular weight is 333 g/mol. The predicted molar refractivity (Wildman–Crippen MR) is 90.2 cm³/mol. The third kappa shape index (κ3) is 3.60. The maximum atomic E-state index is 12.5. The molecule has 0 saturated carbocycles. The number of anilines is 1. The molecule has 1 amide bonds. The van der Waals surface area contributed by atoms with Crippen molar-refractivity contribution < 1.29 is 19.4 Å². The van der Waals surface area contributed by atoms with Crippen molar-refractivity contribution in [2.45, 2.75) is 26.4 Å². The first-order valence-electron chi connectivity index (χ1n) is 7.23. The number of ether oxygens (including phenoxy) is 1. The van der Waals surface area contributed by atoms with Crippen molar-refractivity contribution >= 4 is 28.2 Å². The highest BCUT2D eigenvalue weighted by molar-refractivity contribution is 7.16. The zero-order valence-corrected chi connectivity index (χ0v) is 14.1. The number of thiophene rings is 1. The molecule has 0 bridgehead atoms. The summed E-state index contributed by atoms with van der Waals surface area (Å²) in [6.45, 7) is 3.76. The van der Waals surface area contributed by atoms with Crippen LogP contribution in [0, 0.1) is 6.92 Å². The molecule has 1 heterocycles. The van der Waals surface area contributed by atoms with Crippen molar-refractivity contribution in [2.75, 3.05) is 12.4 Å². The standard InChI is InChI=1S/C17H19NO4S/c1-4-12-10(2)23-16(13(12)17(20)21)18-15(19)14(22-3)11-8-6-5-7-9-11/h5-9,14H,4H2,1-3H3,(H,18,19)(H,20,21). The van der Waals surface area contributed by atoms with Gasteiger partial charge in [0.25, 0.3) is 5.91 Å². The van der Waals surface area contributed by atoms with Gasteiger partial charge >= 0.3 is 5.97 Å². The lowest BCUT2D eigenvalue weighted by Gasteiger charge is -2.15. The molecule has 122 valence electrons. The van der Waals surface area contributed by atoms with Gasteiger partial charge in [-0.25, -0.2) is 4.79 Å². The van der Waals surface area contributed by atoms with Gasteiger partial charge in [-0.1, -0.05) is 37.3 Å². The van der Waals surface area contributed by atoms with Crippen LogP contribution in [0.1, 0.15) is 39.4 Å². The first kappa shape index (κ1) is 17.2. The highest BCUT2D eigenvalue weighted by Crippen LogP contribution is 2.34. The smallest absolute Gasteiger partial charge is 0.339 e. The quantitative estimate of drug-likeness (QED) is 0.846. The molecule has 0 spiro atoms. The molecular formula is C17H19NO4S. The van der Waals surface area contributed by atoms with E-state index in [1.807, 2.05) is 32.0 Å². The maximum Gasteiger partial charge on any atom is 0.339 e. The van der Waals surface area contributed by atoms with E-state index in [2.05, 4.69) is 5.32 Å². The minimum Gasteiger partial charge on any atom is -0.478 e. The molecule has 1 aromatic heterocycles. The topological polar surface area (TPSA) is 75.6 Å². The van der Waals surface area contributed by atoms with Gasteiger partial charge in [0.05, 0.1) is 5.56 Å². The molecule has 0 radical (unpaired) electrons. The zero-order valence-electron chi connectivity index (χ0n) is 13.3. The Labute approximate surface area is 138 Å². The van der Waals surface area contributed by atoms with E-state index < -0.39 is 12.1 Å². The minimum atomic E-state index is -1.03. The molecule has 1 unspecified atom stereocenters. The van der Waals surface area contributed by atoms with Crippen LogP contribution in [0.15, 0.2) is 30.3 Å². The Morgan fingerprint density at radius 2 is 1.96 bits per heavy atom. The number of aryl methyl sites for hydroxylation is 1. The van der Waals surface area contributed by atoms with Gasteiger partial charge < -0.3 is 15.2 Å². The lowest BCUT2D eigenvalue weighted by Crippen LogP contribution is -2.23. The fourth-order valence-electron chi connectivity index (χ4n) is 2.52. The number of aromatic carboxylic acids is 1. The second kappa shape index (κ2) is 7.39. The zero-order chi connectivity index (χ0) is 17.0. The summed E-state index contributed by atoms with van der Waals surface area (Å²) >= 11 is 1.28. The summed E-state index contributed by atoms with van der Waals surface area (Å²) in [5, 5.41) is 12.5. The van der Waals surface area contributed by atoms with E-state index in [4.69, 9.17) is 4.74 Å². The molecule has 2 rings (SSSR count). The SMILES string of the molecule is CCc1c(C)sc(NC(=O)C(OC)c2ccccc2)c1C(=O)O. The maximum absolute atomic E-state index is 12.5. The van der Waals surface area contributed by atoms with Crippen LogP contribution < -0.4 is 5.32 Å². The number of amides is 1. The molecule has 1 aromatic carbocycles. The Morgan fingerprint density at radius 3 is 2.48 bits per heavy atom. The Hall–Kier alpha value is -2.18. The Kier molecular flexibility index (Phi) is 5.52. The van der Waals surface area contributed by atoms with Crippen LogP contribution in [0.5, 0.6) is 0 Å². The normalized spacial score (nSPS) is 12.0. The van der Waals surface area contributed by atoms with Gasteiger partial charge in [0.15, 0.2) is 6.10 Å². The molecule has 6 heteroatoms. The van der Waals surface area contributed by atoms with E-state index in [-0.39, 0.29) is 11.5 Å². The van der Waals surface area contributed by atoms with E-state index in [1.54, 1.807) is 12.1 Å². The van der Waals surface area contributed by atoms with Crippen molar-refractivity contribution in [2.24, 2.45) is 0 Å². The second-order valence-electron chi connectivity index (χ2n) is 5.02. The van der Waals surface area contributed by atoms with Gasteiger partial charge in [-0.3, -0.25) is 4.79 Å². The lowest BCUT2D eigenvalue weighted by molar-refractivity contribution is -0.126. The highest BCUT2D eigenvalue weighted by Gasteiger charge is 2.25. The number of rotatable bonds is 6. The van der Waals surface area contributed by atoms with Gasteiger partial charge in [0.2, 0.25) is 0 Å². The number of nitrogens with one attached hydrogen (secondary N) is 1. The summed E-state index contributed by atoms with van der Waals surface area (Å²) in [5.41, 5.74) is 1.64. The lowest BCUT2D eigenvalue weighted by atomic mass is 10.1. The van der Waals surface area contributed by atoms with Crippen LogP contribution >= 0.6 is 11.3 Å². The van der Waals surface area contributed by atoms with Crippen molar-refractivity contribution in [3.05, 3.63) is 51.9 Å². The minimum absolute atomic E-state index is 0.172. The molecule has 2 aromatic rings. The van der Waals surface area contributed by atoms with Crippen LogP contribution in [0.4, 0.5) is 5.00 Å². The molecule has 5 nitrogen and oxygen atoms in total. The van der Waals surface area contributed by atoms with Crippen LogP contribution in [-0.4, -0.2) is 24.1 Å². The van der Waals surface area contributed by atoms with Crippen LogP contribution in [0.2, 0.25) is 0 Å². The molecule has 0 aliphatic rings. The van der Waals surface area contributed by atoms with Crippen molar-refractivity contribution in [1.82, 2.24) is 0 Å². The summed E-state index contributed by atoms with van der Waals surface area (Å²) in [6.07, 6.45) is -0.183. The molecule has 1 atom stereocenters. The fraction of sp³-hybridized carbons (Fsp3) is 0.294. The monoisotopic (exact) mass is 333 g/mol. The van der Waals surface area contributed by atoms with Gasteiger partial charge in [-0.05, 0) is 24.5 Å². The van der Waals surface area contributed by atoms with E-state index in [1.165, 1.54) is 18.4 Å². The molecule has 0 fully saturated rings. The molecular weight excluding hydrogens is 314 g/mol. The second-order valence-corrected chi connectivity index (χ2v) is 6.24. The third-order valence-electron chi connectivity index (χ3n) is 3.59. The summed E-state index contributed by atoms with van der Waals surface area (Å²) in [5.74, 6) is -1.42. The number of hydrogen-bond donors (Lipinski definition) is 2. The fourth-order valence-corrected chi connectivity index (χ4v) is 3.66. The Balaban J connectivity index is 2.31. The number of carboxylic acid groups (broad SMARTS) is 1. The third-order valence-corrected chi connectivity index (χ3v) is 4.65. The number of carbonyl (C=O) groups excluding carboxylic acids is 1. The first-order chi connectivity index (χ1) is 11.0. The average Bonchev–Trinajstić information content (AvgIpc) is 2.84. The van der Waals surface area contributed by atoms with E-state index in [0.717, 1.165) is 10.4 Å². The van der Waals surface area contributed by atoms with Crippen molar-refractivity contribution in [3.8, 4) is 0 Å². The Bertz CT molecular complexity index is 709. The Morgan fingerprint density at radius 1 is 1.30 bits per heavy atom. The van der Waals surface area contributed by atoms with Crippen LogP contribution in [-0.2, 0) is 16.0 Å². The molecule has 23 heavy (non-hydrogen) atoms. The summed E-state index contributed by atoms with van der Waals surface area (Å²) in [6, 6.07) is 9.09. The van der Waals surface area contributed by atoms with Crippen LogP contribution in [0.25, 0.3) is 0 Å². The molecule has 0 saturated heterocycles.